The maximum Gasteiger partial charge on any atom is 0.257 e. The molecule has 3 rings (SSSR count). The molecular formula is C17H19N3O3S. The first kappa shape index (κ1) is 16.4. The molecule has 6 nitrogen and oxygen atoms in total. The van der Waals surface area contributed by atoms with Gasteiger partial charge in [-0.05, 0) is 36.8 Å². The molecule has 1 saturated heterocycles. The van der Waals surface area contributed by atoms with Crippen LogP contribution in [0.3, 0.4) is 0 Å². The number of benzene rings is 1. The number of pyridine rings is 1. The monoisotopic (exact) mass is 345 g/mol. The first-order chi connectivity index (χ1) is 11.4. The number of amides is 1. The Morgan fingerprint density at radius 2 is 1.96 bits per heavy atom. The van der Waals surface area contributed by atoms with Gasteiger partial charge in [-0.2, -0.15) is 0 Å². The first-order valence-electron chi connectivity index (χ1n) is 7.72. The summed E-state index contributed by atoms with van der Waals surface area (Å²) >= 11 is 0. The Balaban J connectivity index is 1.85. The highest BCUT2D eigenvalue weighted by Crippen LogP contribution is 2.29. The molecule has 24 heavy (non-hydrogen) atoms. The van der Waals surface area contributed by atoms with E-state index in [0.29, 0.717) is 24.3 Å². The molecule has 0 radical (unpaired) electrons. The quantitative estimate of drug-likeness (QED) is 0.919. The van der Waals surface area contributed by atoms with E-state index in [1.165, 1.54) is 6.20 Å². The Hall–Kier alpha value is -2.41. The molecule has 1 amide bonds. The maximum atomic E-state index is 12.4. The number of aromatic nitrogens is 1. The molecule has 0 bridgehead atoms. The predicted molar refractivity (Wildman–Crippen MR) is 94.2 cm³/mol. The van der Waals surface area contributed by atoms with Gasteiger partial charge in [-0.1, -0.05) is 6.07 Å². The zero-order chi connectivity index (χ0) is 17.2. The van der Waals surface area contributed by atoms with E-state index in [-0.39, 0.29) is 17.4 Å². The molecule has 0 atom stereocenters. The Labute approximate surface area is 141 Å². The van der Waals surface area contributed by atoms with Crippen LogP contribution in [0.4, 0.5) is 11.4 Å². The number of hydrogen-bond acceptors (Lipinski definition) is 5. The zero-order valence-electron chi connectivity index (χ0n) is 13.4. The van der Waals surface area contributed by atoms with Crippen LogP contribution in [-0.2, 0) is 9.84 Å². The number of nitrogens with one attached hydrogen (secondary N) is 1. The van der Waals surface area contributed by atoms with E-state index in [0.717, 1.165) is 11.3 Å². The van der Waals surface area contributed by atoms with Crippen LogP contribution in [0.25, 0.3) is 0 Å². The van der Waals surface area contributed by atoms with Crippen molar-refractivity contribution in [3.63, 3.8) is 0 Å². The molecule has 2 heterocycles. The molecule has 7 heteroatoms. The number of carbonyl (C=O) groups excluding carboxylic acids is 1. The van der Waals surface area contributed by atoms with Gasteiger partial charge in [-0.25, -0.2) is 8.42 Å². The van der Waals surface area contributed by atoms with Crippen LogP contribution in [0.2, 0.25) is 0 Å². The van der Waals surface area contributed by atoms with Gasteiger partial charge in [0, 0.05) is 25.5 Å². The third kappa shape index (κ3) is 3.73. The highest BCUT2D eigenvalue weighted by atomic mass is 32.2. The van der Waals surface area contributed by atoms with Crippen LogP contribution in [0.15, 0.2) is 42.7 Å². The van der Waals surface area contributed by atoms with Crippen molar-refractivity contribution in [2.45, 2.75) is 6.92 Å². The smallest absolute Gasteiger partial charge is 0.257 e. The molecule has 1 aromatic heterocycles. The van der Waals surface area contributed by atoms with Gasteiger partial charge in [0.25, 0.3) is 5.91 Å². The molecule has 1 aliphatic rings. The number of sulfone groups is 1. The Morgan fingerprint density at radius 3 is 2.62 bits per heavy atom. The van der Waals surface area contributed by atoms with Crippen LogP contribution < -0.4 is 10.2 Å². The van der Waals surface area contributed by atoms with Gasteiger partial charge in [0.05, 0.1) is 28.4 Å². The maximum absolute atomic E-state index is 12.4. The minimum Gasteiger partial charge on any atom is -0.368 e. The van der Waals surface area contributed by atoms with Gasteiger partial charge in [-0.3, -0.25) is 9.78 Å². The minimum atomic E-state index is -2.95. The molecule has 0 aliphatic carbocycles. The van der Waals surface area contributed by atoms with E-state index >= 15 is 0 Å². The highest BCUT2D eigenvalue weighted by molar-refractivity contribution is 7.91. The summed E-state index contributed by atoms with van der Waals surface area (Å²) < 4.78 is 23.3. The lowest BCUT2D eigenvalue weighted by Crippen LogP contribution is -2.40. The highest BCUT2D eigenvalue weighted by Gasteiger charge is 2.24. The third-order valence-electron chi connectivity index (χ3n) is 4.01. The minimum absolute atomic E-state index is 0.136. The lowest BCUT2D eigenvalue weighted by atomic mass is 10.1. The number of carbonyl (C=O) groups is 1. The standard InChI is InChI=1S/C17H19N3O3S/c1-13-4-5-15(19-17(21)14-3-2-6-18-12-14)16(11-13)20-7-9-24(22,23)10-8-20/h2-6,11-12H,7-10H2,1H3,(H,19,21). The van der Waals surface area contributed by atoms with Crippen LogP contribution in [0.1, 0.15) is 15.9 Å². The van der Waals surface area contributed by atoms with Gasteiger partial charge >= 0.3 is 0 Å². The lowest BCUT2D eigenvalue weighted by molar-refractivity contribution is 0.102. The predicted octanol–water partition coefficient (Wildman–Crippen LogP) is 1.88. The van der Waals surface area contributed by atoms with Crippen LogP contribution in [0, 0.1) is 6.92 Å². The van der Waals surface area contributed by atoms with Crippen molar-refractivity contribution in [2.24, 2.45) is 0 Å². The topological polar surface area (TPSA) is 79.4 Å². The number of aryl methyl sites for hydroxylation is 1. The Bertz CT molecular complexity index is 837. The first-order valence-corrected chi connectivity index (χ1v) is 9.54. The fourth-order valence-corrected chi connectivity index (χ4v) is 3.86. The largest absolute Gasteiger partial charge is 0.368 e. The SMILES string of the molecule is Cc1ccc(NC(=O)c2cccnc2)c(N2CCS(=O)(=O)CC2)c1. The summed E-state index contributed by atoms with van der Waals surface area (Å²) in [7, 11) is -2.95. The van der Waals surface area contributed by atoms with Crippen LogP contribution in [-0.4, -0.2) is 43.9 Å². The van der Waals surface area contributed by atoms with Crippen molar-refractivity contribution in [2.75, 3.05) is 34.8 Å². The van der Waals surface area contributed by atoms with E-state index in [2.05, 4.69) is 10.3 Å². The molecule has 126 valence electrons. The molecule has 1 N–H and O–H groups in total. The summed E-state index contributed by atoms with van der Waals surface area (Å²) in [6, 6.07) is 9.14. The number of hydrogen-bond donors (Lipinski definition) is 1. The fraction of sp³-hybridized carbons (Fsp3) is 0.294. The van der Waals surface area contributed by atoms with Gasteiger partial charge in [0.1, 0.15) is 0 Å². The van der Waals surface area contributed by atoms with E-state index in [9.17, 15) is 13.2 Å². The normalized spacial score (nSPS) is 16.6. The summed E-state index contributed by atoms with van der Waals surface area (Å²) in [4.78, 5) is 18.3. The number of anilines is 2. The van der Waals surface area contributed by atoms with Crippen molar-refractivity contribution in [3.8, 4) is 0 Å². The van der Waals surface area contributed by atoms with Crippen molar-refractivity contribution < 1.29 is 13.2 Å². The molecule has 1 aromatic carbocycles. The van der Waals surface area contributed by atoms with Crippen molar-refractivity contribution >= 4 is 27.1 Å². The van der Waals surface area contributed by atoms with Crippen LogP contribution in [0.5, 0.6) is 0 Å². The molecule has 2 aromatic rings. The van der Waals surface area contributed by atoms with E-state index in [4.69, 9.17) is 0 Å². The summed E-state index contributed by atoms with van der Waals surface area (Å²) in [5, 5.41) is 2.90. The number of nitrogens with zero attached hydrogens (tertiary/aromatic N) is 2. The lowest BCUT2D eigenvalue weighted by Gasteiger charge is -2.30. The molecule has 0 saturated carbocycles. The molecule has 0 unspecified atom stereocenters. The third-order valence-corrected chi connectivity index (χ3v) is 5.62. The van der Waals surface area contributed by atoms with Gasteiger partial charge in [-0.15, -0.1) is 0 Å². The average molecular weight is 345 g/mol. The van der Waals surface area contributed by atoms with Gasteiger partial charge in [0.2, 0.25) is 0 Å². The average Bonchev–Trinajstić information content (AvgIpc) is 2.57. The van der Waals surface area contributed by atoms with E-state index in [1.54, 1.807) is 18.3 Å². The number of rotatable bonds is 3. The summed E-state index contributed by atoms with van der Waals surface area (Å²) in [6.07, 6.45) is 3.12. The van der Waals surface area contributed by atoms with E-state index in [1.807, 2.05) is 30.0 Å². The summed E-state index contributed by atoms with van der Waals surface area (Å²) in [5.74, 6) is 0.0336. The summed E-state index contributed by atoms with van der Waals surface area (Å²) in [5.41, 5.74) is 3.05. The molecular weight excluding hydrogens is 326 g/mol. The van der Waals surface area contributed by atoms with Crippen molar-refractivity contribution in [3.05, 3.63) is 53.9 Å². The van der Waals surface area contributed by atoms with Gasteiger partial charge < -0.3 is 10.2 Å². The summed E-state index contributed by atoms with van der Waals surface area (Å²) in [6.45, 7) is 2.83. The second-order valence-corrected chi connectivity index (χ2v) is 8.16. The molecule has 1 fully saturated rings. The molecule has 1 aliphatic heterocycles. The molecule has 0 spiro atoms. The second kappa shape index (κ2) is 6.60. The Morgan fingerprint density at radius 1 is 1.21 bits per heavy atom. The van der Waals surface area contributed by atoms with Crippen LogP contribution >= 0.6 is 0 Å². The van der Waals surface area contributed by atoms with Crippen molar-refractivity contribution in [1.29, 1.82) is 0 Å². The second-order valence-electron chi connectivity index (χ2n) is 5.86. The Kier molecular flexibility index (Phi) is 4.53. The van der Waals surface area contributed by atoms with Crippen molar-refractivity contribution in [1.82, 2.24) is 4.98 Å². The zero-order valence-corrected chi connectivity index (χ0v) is 14.2. The van der Waals surface area contributed by atoms with Gasteiger partial charge in [0.15, 0.2) is 9.84 Å². The van der Waals surface area contributed by atoms with E-state index < -0.39 is 9.84 Å². The fourth-order valence-electron chi connectivity index (χ4n) is 2.65.